The molecule has 1 aromatic rings. The van der Waals surface area contributed by atoms with E-state index in [1.54, 1.807) is 6.07 Å². The first-order valence-electron chi connectivity index (χ1n) is 6.54. The lowest BCUT2D eigenvalue weighted by atomic mass is 10.0. The number of nitrogen functional groups attached to an aromatic ring is 1. The maximum absolute atomic E-state index is 5.77. The Balaban J connectivity index is 2.73. The summed E-state index contributed by atoms with van der Waals surface area (Å²) in [6.07, 6.45) is 1.13. The van der Waals surface area contributed by atoms with Crippen LogP contribution in [0.2, 0.25) is 0 Å². The zero-order chi connectivity index (χ0) is 13.5. The van der Waals surface area contributed by atoms with Crippen molar-refractivity contribution in [2.45, 2.75) is 46.8 Å². The van der Waals surface area contributed by atoms with Crippen molar-refractivity contribution in [3.63, 3.8) is 0 Å². The predicted molar refractivity (Wildman–Crippen MR) is 74.3 cm³/mol. The molecular weight excluding hydrogens is 228 g/mol. The van der Waals surface area contributed by atoms with Gasteiger partial charge in [0.2, 0.25) is 0 Å². The SMILES string of the molecule is CCOCc1nc(N)cc(NC(C)C(C)CC)n1. The van der Waals surface area contributed by atoms with E-state index in [1.807, 2.05) is 6.92 Å². The van der Waals surface area contributed by atoms with Crippen LogP contribution in [0.3, 0.4) is 0 Å². The Kier molecular flexibility index (Phi) is 5.85. The fourth-order valence-electron chi connectivity index (χ4n) is 1.58. The lowest BCUT2D eigenvalue weighted by Crippen LogP contribution is -2.24. The van der Waals surface area contributed by atoms with E-state index in [9.17, 15) is 0 Å². The van der Waals surface area contributed by atoms with E-state index in [-0.39, 0.29) is 0 Å². The Labute approximate surface area is 109 Å². The van der Waals surface area contributed by atoms with E-state index in [1.165, 1.54) is 0 Å². The Morgan fingerprint density at radius 1 is 1.33 bits per heavy atom. The zero-order valence-electron chi connectivity index (χ0n) is 11.7. The molecule has 2 unspecified atom stereocenters. The molecule has 1 heterocycles. The van der Waals surface area contributed by atoms with E-state index in [4.69, 9.17) is 10.5 Å². The van der Waals surface area contributed by atoms with E-state index in [2.05, 4.69) is 36.1 Å². The predicted octanol–water partition coefficient (Wildman–Crippen LogP) is 2.44. The summed E-state index contributed by atoms with van der Waals surface area (Å²) in [7, 11) is 0. The summed E-state index contributed by atoms with van der Waals surface area (Å²) in [5.74, 6) is 2.44. The van der Waals surface area contributed by atoms with Crippen LogP contribution in [-0.2, 0) is 11.3 Å². The molecule has 0 saturated carbocycles. The molecule has 0 amide bonds. The smallest absolute Gasteiger partial charge is 0.158 e. The van der Waals surface area contributed by atoms with E-state index < -0.39 is 0 Å². The van der Waals surface area contributed by atoms with Gasteiger partial charge in [0.25, 0.3) is 0 Å². The first-order valence-corrected chi connectivity index (χ1v) is 6.54. The van der Waals surface area contributed by atoms with Gasteiger partial charge < -0.3 is 15.8 Å². The molecule has 2 atom stereocenters. The topological polar surface area (TPSA) is 73.1 Å². The highest BCUT2D eigenvalue weighted by atomic mass is 16.5. The van der Waals surface area contributed by atoms with E-state index >= 15 is 0 Å². The first kappa shape index (κ1) is 14.7. The number of nitrogens with two attached hydrogens (primary N) is 1. The minimum atomic E-state index is 0.351. The lowest BCUT2D eigenvalue weighted by Gasteiger charge is -2.20. The second-order valence-corrected chi connectivity index (χ2v) is 4.55. The normalized spacial score (nSPS) is 14.2. The van der Waals surface area contributed by atoms with Crippen LogP contribution < -0.4 is 11.1 Å². The highest BCUT2D eigenvalue weighted by Crippen LogP contribution is 2.15. The van der Waals surface area contributed by atoms with Gasteiger partial charge in [-0.05, 0) is 19.8 Å². The average molecular weight is 252 g/mol. The minimum absolute atomic E-state index is 0.351. The standard InChI is InChI=1S/C13H24N4O/c1-5-9(3)10(4)15-12-7-11(14)16-13(17-12)8-18-6-2/h7,9-10H,5-6,8H2,1-4H3,(H3,14,15,16,17). The number of nitrogens with zero attached hydrogens (tertiary/aromatic N) is 2. The van der Waals surface area contributed by atoms with Crippen LogP contribution in [0.1, 0.15) is 39.9 Å². The maximum atomic E-state index is 5.77. The summed E-state index contributed by atoms with van der Waals surface area (Å²) < 4.78 is 5.29. The molecule has 0 aliphatic carbocycles. The third kappa shape index (κ3) is 4.49. The van der Waals surface area contributed by atoms with Gasteiger partial charge in [0.15, 0.2) is 5.82 Å². The van der Waals surface area contributed by atoms with E-state index in [0.29, 0.717) is 36.8 Å². The molecule has 0 bridgehead atoms. The molecule has 0 aromatic carbocycles. The molecule has 1 rings (SSSR count). The third-order valence-corrected chi connectivity index (χ3v) is 3.10. The summed E-state index contributed by atoms with van der Waals surface area (Å²) in [5.41, 5.74) is 5.77. The van der Waals surface area contributed by atoms with Crippen molar-refractivity contribution in [1.82, 2.24) is 9.97 Å². The summed E-state index contributed by atoms with van der Waals surface area (Å²) in [5, 5.41) is 3.36. The molecule has 1 aromatic heterocycles. The number of rotatable bonds is 7. The van der Waals surface area contributed by atoms with Gasteiger partial charge in [0.1, 0.15) is 18.2 Å². The summed E-state index contributed by atoms with van der Waals surface area (Å²) >= 11 is 0. The van der Waals surface area contributed by atoms with Gasteiger partial charge in [0, 0.05) is 18.7 Å². The number of ether oxygens (including phenoxy) is 1. The summed E-state index contributed by atoms with van der Waals surface area (Å²) in [4.78, 5) is 8.55. The molecule has 3 N–H and O–H groups in total. The van der Waals surface area contributed by atoms with Crippen LogP contribution in [0.15, 0.2) is 6.07 Å². The van der Waals surface area contributed by atoms with Crippen LogP contribution >= 0.6 is 0 Å². The molecule has 0 saturated heterocycles. The number of anilines is 2. The Bertz CT molecular complexity index is 370. The highest BCUT2D eigenvalue weighted by molar-refractivity contribution is 5.45. The molecule has 0 aliphatic heterocycles. The zero-order valence-corrected chi connectivity index (χ0v) is 11.7. The Morgan fingerprint density at radius 3 is 2.67 bits per heavy atom. The van der Waals surface area contributed by atoms with Crippen molar-refractivity contribution in [2.75, 3.05) is 17.7 Å². The largest absolute Gasteiger partial charge is 0.384 e. The second-order valence-electron chi connectivity index (χ2n) is 4.55. The maximum Gasteiger partial charge on any atom is 0.158 e. The Hall–Kier alpha value is -1.36. The molecule has 0 fully saturated rings. The van der Waals surface area contributed by atoms with Gasteiger partial charge in [0.05, 0.1) is 0 Å². The van der Waals surface area contributed by atoms with Crippen LogP contribution in [-0.4, -0.2) is 22.6 Å². The van der Waals surface area contributed by atoms with Crippen molar-refractivity contribution in [1.29, 1.82) is 0 Å². The van der Waals surface area contributed by atoms with Crippen molar-refractivity contribution >= 4 is 11.6 Å². The summed E-state index contributed by atoms with van der Waals surface area (Å²) in [6, 6.07) is 2.11. The highest BCUT2D eigenvalue weighted by Gasteiger charge is 2.11. The molecule has 5 heteroatoms. The van der Waals surface area contributed by atoms with Crippen LogP contribution in [0.25, 0.3) is 0 Å². The van der Waals surface area contributed by atoms with Crippen LogP contribution in [0.4, 0.5) is 11.6 Å². The lowest BCUT2D eigenvalue weighted by molar-refractivity contribution is 0.128. The van der Waals surface area contributed by atoms with Crippen molar-refractivity contribution < 1.29 is 4.74 Å². The first-order chi connectivity index (χ1) is 8.56. The minimum Gasteiger partial charge on any atom is -0.384 e. The molecular formula is C13H24N4O. The molecule has 0 spiro atoms. The van der Waals surface area contributed by atoms with Crippen molar-refractivity contribution in [3.8, 4) is 0 Å². The average Bonchev–Trinajstić information content (AvgIpc) is 2.34. The number of aromatic nitrogens is 2. The van der Waals surface area contributed by atoms with Gasteiger partial charge in [-0.25, -0.2) is 9.97 Å². The molecule has 102 valence electrons. The quantitative estimate of drug-likeness (QED) is 0.779. The third-order valence-electron chi connectivity index (χ3n) is 3.10. The number of nitrogens with one attached hydrogen (secondary N) is 1. The molecule has 0 aliphatic rings. The van der Waals surface area contributed by atoms with Gasteiger partial charge in [-0.2, -0.15) is 0 Å². The van der Waals surface area contributed by atoms with Crippen molar-refractivity contribution in [3.05, 3.63) is 11.9 Å². The van der Waals surface area contributed by atoms with Crippen LogP contribution in [0.5, 0.6) is 0 Å². The summed E-state index contributed by atoms with van der Waals surface area (Å²) in [6.45, 7) is 9.52. The van der Waals surface area contributed by atoms with E-state index in [0.717, 1.165) is 12.2 Å². The van der Waals surface area contributed by atoms with Gasteiger partial charge in [-0.1, -0.05) is 20.3 Å². The number of hydrogen-bond acceptors (Lipinski definition) is 5. The number of hydrogen-bond donors (Lipinski definition) is 2. The van der Waals surface area contributed by atoms with Crippen molar-refractivity contribution in [2.24, 2.45) is 5.92 Å². The van der Waals surface area contributed by atoms with Gasteiger partial charge >= 0.3 is 0 Å². The fraction of sp³-hybridized carbons (Fsp3) is 0.692. The molecule has 5 nitrogen and oxygen atoms in total. The van der Waals surface area contributed by atoms with Gasteiger partial charge in [-0.3, -0.25) is 0 Å². The second kappa shape index (κ2) is 7.16. The molecule has 18 heavy (non-hydrogen) atoms. The molecule has 0 radical (unpaired) electrons. The van der Waals surface area contributed by atoms with Crippen LogP contribution in [0, 0.1) is 5.92 Å². The van der Waals surface area contributed by atoms with Gasteiger partial charge in [-0.15, -0.1) is 0 Å². The monoisotopic (exact) mass is 252 g/mol. The Morgan fingerprint density at radius 2 is 2.06 bits per heavy atom. The fourth-order valence-corrected chi connectivity index (χ4v) is 1.58.